The fourth-order valence-electron chi connectivity index (χ4n) is 16.3. The summed E-state index contributed by atoms with van der Waals surface area (Å²) < 4.78 is 33.5. The minimum Gasteiger partial charge on any atom is -0.461 e. The molecule has 0 saturated heterocycles. The van der Waals surface area contributed by atoms with Crippen LogP contribution in [0.4, 0.5) is 0 Å². The molecule has 0 aromatic heterocycles. The molecule has 21 heteroatoms. The Hall–Kier alpha value is -8.01. The molecule has 1 rings (SSSR count). The van der Waals surface area contributed by atoms with E-state index < -0.39 is 17.8 Å². The van der Waals surface area contributed by atoms with Gasteiger partial charge in [-0.25, -0.2) is 0 Å². The van der Waals surface area contributed by atoms with Crippen LogP contribution in [0.3, 0.4) is 0 Å². The maximum atomic E-state index is 14.4. The molecule has 21 nitrogen and oxygen atoms in total. The summed E-state index contributed by atoms with van der Waals surface area (Å²) in [5, 5.41) is 9.68. The lowest BCUT2D eigenvalue weighted by molar-refractivity contribution is -0.143. The van der Waals surface area contributed by atoms with Gasteiger partial charge in [0.15, 0.2) is 0 Å². The molecular formula is C117H198N6O15. The lowest BCUT2D eigenvalue weighted by Crippen LogP contribution is -2.45. The van der Waals surface area contributed by atoms with E-state index in [1.165, 1.54) is 66.9 Å². The molecule has 1 aliphatic rings. The summed E-state index contributed by atoms with van der Waals surface area (Å²) in [7, 11) is 0. The molecule has 0 aromatic carbocycles. The van der Waals surface area contributed by atoms with Crippen molar-refractivity contribution in [3.05, 3.63) is 140 Å². The van der Waals surface area contributed by atoms with Gasteiger partial charge in [-0.15, -0.1) is 0 Å². The number of carbonyl (C=O) groups excluding carboxylic acids is 9. The van der Waals surface area contributed by atoms with Gasteiger partial charge in [-0.05, 0) is 432 Å². The largest absolute Gasteiger partial charge is 0.461 e. The van der Waals surface area contributed by atoms with E-state index in [1.807, 2.05) is 36.5 Å². The van der Waals surface area contributed by atoms with Gasteiger partial charge in [0.05, 0.1) is 0 Å². The molecule has 0 radical (unpaired) electrons. The third-order valence-corrected chi connectivity index (χ3v) is 25.2. The SMILES string of the molecule is CC(C)=CCC/C(C)=C\COC(=O)CCCCN(CCCCCCNC(=O)C1CC(C(=O)NCCCCCCN(CCCCC(=O)OC/C=C(/C)CCC=C(C)C)CCCCC(=O)OC/C=C(/C)CCC=C(C)C)CC(C(=O)NCCCCCCN(CCCCC(=O)OC/C=C(/C)CCC=C(C)C)CCCCC(=O)OC/C=C(/C)CCC=C(C)C)C1)CCCCC(=O)OC/C=C(/C)CCC=C(C)C. The Morgan fingerprint density at radius 3 is 0.514 bits per heavy atom. The van der Waals surface area contributed by atoms with Gasteiger partial charge in [0, 0.05) is 75.9 Å². The first-order valence-electron chi connectivity index (χ1n) is 53.9. The second-order valence-corrected chi connectivity index (χ2v) is 40.5. The minimum atomic E-state index is -0.511. The molecule has 0 spiro atoms. The minimum absolute atomic E-state index is 0.120. The number of unbranched alkanes of at least 4 members (excludes halogenated alkanes) is 15. The molecule has 1 aliphatic carbocycles. The summed E-state index contributed by atoms with van der Waals surface area (Å²) in [5.74, 6) is -3.01. The summed E-state index contributed by atoms with van der Waals surface area (Å²) >= 11 is 0. The number of allylic oxidation sites excluding steroid dienone is 18. The fraction of sp³-hybridized carbons (Fsp3) is 0.718. The predicted octanol–water partition coefficient (Wildman–Crippen LogP) is 26.4. The Morgan fingerprint density at radius 1 is 0.203 bits per heavy atom. The molecule has 0 heterocycles. The summed E-state index contributed by atoms with van der Waals surface area (Å²) in [5.41, 5.74) is 15.0. The number of amides is 3. The van der Waals surface area contributed by atoms with Crippen molar-refractivity contribution in [2.24, 2.45) is 17.8 Å². The van der Waals surface area contributed by atoms with E-state index in [0.717, 1.165) is 290 Å². The first-order valence-corrected chi connectivity index (χ1v) is 53.9. The number of hydrogen-bond acceptors (Lipinski definition) is 18. The zero-order chi connectivity index (χ0) is 102. The number of nitrogens with one attached hydrogen (secondary N) is 3. The van der Waals surface area contributed by atoms with Crippen LogP contribution in [0.15, 0.2) is 140 Å². The van der Waals surface area contributed by atoms with E-state index in [-0.39, 0.29) is 93.2 Å². The smallest absolute Gasteiger partial charge is 0.306 e. The molecule has 138 heavy (non-hydrogen) atoms. The van der Waals surface area contributed by atoms with Crippen molar-refractivity contribution in [1.29, 1.82) is 0 Å². The van der Waals surface area contributed by atoms with Crippen LogP contribution in [0.25, 0.3) is 0 Å². The molecular weight excluding hydrogens is 1730 g/mol. The Balaban J connectivity index is 3.26. The molecule has 0 bridgehead atoms. The van der Waals surface area contributed by atoms with Gasteiger partial charge in [-0.2, -0.15) is 0 Å². The van der Waals surface area contributed by atoms with Crippen molar-refractivity contribution in [2.75, 3.05) is 118 Å². The normalized spacial score (nSPS) is 14.3. The van der Waals surface area contributed by atoms with Crippen molar-refractivity contribution in [2.45, 2.75) is 414 Å². The van der Waals surface area contributed by atoms with Gasteiger partial charge in [0.25, 0.3) is 0 Å². The average molecular weight is 1930 g/mol. The number of ether oxygens (including phenoxy) is 6. The maximum absolute atomic E-state index is 14.4. The average Bonchev–Trinajstić information content (AvgIpc) is 0.824. The molecule has 0 unspecified atom stereocenters. The highest BCUT2D eigenvalue weighted by Gasteiger charge is 2.39. The monoisotopic (exact) mass is 1930 g/mol. The predicted molar refractivity (Wildman–Crippen MR) is 571 cm³/mol. The van der Waals surface area contributed by atoms with Crippen molar-refractivity contribution in [3.63, 3.8) is 0 Å². The Kier molecular flexibility index (Phi) is 79.5. The first kappa shape index (κ1) is 128. The number of esters is 6. The molecule has 0 aromatic rings. The molecule has 786 valence electrons. The van der Waals surface area contributed by atoms with Crippen LogP contribution in [0.5, 0.6) is 0 Å². The topological polar surface area (TPSA) is 255 Å². The Morgan fingerprint density at radius 2 is 0.355 bits per heavy atom. The molecule has 1 fully saturated rings. The van der Waals surface area contributed by atoms with Crippen LogP contribution in [-0.4, -0.2) is 186 Å². The highest BCUT2D eigenvalue weighted by molar-refractivity contribution is 5.86. The fourth-order valence-corrected chi connectivity index (χ4v) is 16.3. The third-order valence-electron chi connectivity index (χ3n) is 25.2. The van der Waals surface area contributed by atoms with Crippen LogP contribution in [-0.2, 0) is 71.6 Å². The molecule has 3 amide bonds. The van der Waals surface area contributed by atoms with Crippen molar-refractivity contribution in [1.82, 2.24) is 30.7 Å². The van der Waals surface area contributed by atoms with E-state index in [2.05, 4.69) is 192 Å². The summed E-state index contributed by atoms with van der Waals surface area (Å²) in [6.45, 7) is 48.4. The van der Waals surface area contributed by atoms with Crippen LogP contribution >= 0.6 is 0 Å². The van der Waals surface area contributed by atoms with Gasteiger partial charge >= 0.3 is 35.8 Å². The quantitative estimate of drug-likeness (QED) is 0.0221. The van der Waals surface area contributed by atoms with Crippen molar-refractivity contribution >= 4 is 53.5 Å². The second kappa shape index (κ2) is 85.7. The molecule has 0 aliphatic heterocycles. The van der Waals surface area contributed by atoms with Crippen LogP contribution in [0, 0.1) is 17.8 Å². The number of nitrogens with zero attached hydrogens (tertiary/aromatic N) is 3. The third kappa shape index (κ3) is 80.6. The highest BCUT2D eigenvalue weighted by atomic mass is 16.6. The summed E-state index contributed by atoms with van der Waals surface area (Å²) in [4.78, 5) is 127. The second-order valence-electron chi connectivity index (χ2n) is 40.5. The van der Waals surface area contributed by atoms with E-state index in [4.69, 9.17) is 28.4 Å². The lowest BCUT2D eigenvalue weighted by Gasteiger charge is -2.33. The Labute approximate surface area is 840 Å². The van der Waals surface area contributed by atoms with Crippen LogP contribution in [0.1, 0.15) is 414 Å². The van der Waals surface area contributed by atoms with Gasteiger partial charge in [-0.1, -0.05) is 142 Å². The van der Waals surface area contributed by atoms with E-state index in [0.29, 0.717) is 77.4 Å². The molecule has 1 saturated carbocycles. The number of hydrogen-bond donors (Lipinski definition) is 3. The lowest BCUT2D eigenvalue weighted by atomic mass is 9.74. The zero-order valence-corrected chi connectivity index (χ0v) is 90.7. The van der Waals surface area contributed by atoms with Gasteiger partial charge in [0.1, 0.15) is 39.6 Å². The Bertz CT molecular complexity index is 3190. The van der Waals surface area contributed by atoms with Crippen molar-refractivity contribution in [3.8, 4) is 0 Å². The van der Waals surface area contributed by atoms with E-state index >= 15 is 0 Å². The first-order chi connectivity index (χ1) is 66.2. The van der Waals surface area contributed by atoms with E-state index in [9.17, 15) is 43.2 Å². The number of rotatable bonds is 84. The zero-order valence-electron chi connectivity index (χ0n) is 90.7. The van der Waals surface area contributed by atoms with Crippen LogP contribution in [0.2, 0.25) is 0 Å². The van der Waals surface area contributed by atoms with Gasteiger partial charge < -0.3 is 59.1 Å². The van der Waals surface area contributed by atoms with Gasteiger partial charge in [-0.3, -0.25) is 43.2 Å². The highest BCUT2D eigenvalue weighted by Crippen LogP contribution is 2.35. The van der Waals surface area contributed by atoms with Crippen LogP contribution < -0.4 is 16.0 Å². The maximum Gasteiger partial charge on any atom is 0.306 e. The summed E-state index contributed by atoms with van der Waals surface area (Å²) in [6, 6.07) is 0. The van der Waals surface area contributed by atoms with E-state index in [1.54, 1.807) is 0 Å². The number of carbonyl (C=O) groups is 9. The van der Waals surface area contributed by atoms with Crippen molar-refractivity contribution < 1.29 is 71.6 Å². The molecule has 3 N–H and O–H groups in total. The standard InChI is InChI=1S/C117H198N6O15/c1-94(2)49-43-55-100(13)67-85-133-109(124)61-25-37-79-121(80-38-26-62-110(125)134-86-68-101(14)56-44-50-95(3)4)76-34-22-19-31-73-118-115(130)106-91-107(116(131)119-74-32-20-23-35-77-122(81-39-27-63-111(126)135-87-69-102(15)57-45-51-96(5)6)82-40-28-64-112(127)136-88-70-103(16)58-46-52-97(7)8)93-108(92-106)117(132)120-75-33-21-24-36-78-123(83-41-29-65-113(128)137-89-71-104(17)59-47-53-98(9)10)84-42-30-66-114(129)138-90-72-105(18)60-48-54-99(11)12/h49-54,67-72,106-108H,19-48,55-66,73-93H2,1-18H3,(H,118,130)(H,119,131)(H,120,132)/b100-67-,101-68-,102-69-,103-70-,104-71-,105-72-. The van der Waals surface area contributed by atoms with Gasteiger partial charge in [0.2, 0.25) is 17.7 Å². The summed E-state index contributed by atoms with van der Waals surface area (Å²) in [6.07, 6.45) is 60.3. The molecule has 0 atom stereocenters.